The van der Waals surface area contributed by atoms with Crippen LogP contribution in [-0.2, 0) is 10.9 Å². The Morgan fingerprint density at radius 1 is 0.357 bits per heavy atom. The molecule has 6 nitrogen and oxygen atoms in total. The van der Waals surface area contributed by atoms with Gasteiger partial charge in [0.1, 0.15) is 30.5 Å². The molecule has 25 heteroatoms. The third-order valence-electron chi connectivity index (χ3n) is 7.62. The summed E-state index contributed by atoms with van der Waals surface area (Å²) in [7, 11) is -1.50. The fourth-order valence-corrected chi connectivity index (χ4v) is 6.25. The summed E-state index contributed by atoms with van der Waals surface area (Å²) in [6.45, 7) is -6.00. The molecule has 314 valence electrons. The van der Waals surface area contributed by atoms with E-state index < -0.39 is 102 Å². The Morgan fingerprint density at radius 3 is 0.821 bits per heavy atom. The quantitative estimate of drug-likeness (QED) is 0.118. The van der Waals surface area contributed by atoms with Crippen LogP contribution in [0, 0.1) is 0 Å². The van der Waals surface area contributed by atoms with E-state index in [1.54, 1.807) is 0 Å². The lowest BCUT2D eigenvalue weighted by atomic mass is 9.99. The zero-order chi connectivity index (χ0) is 43.0. The van der Waals surface area contributed by atoms with E-state index in [-0.39, 0.29) is 20.4 Å². The lowest BCUT2D eigenvalue weighted by Crippen LogP contribution is -2.60. The first kappa shape index (κ1) is 46.4. The molecule has 3 N–H and O–H groups in total. The topological polar surface area (TPSA) is 88.4 Å². The Morgan fingerprint density at radius 2 is 0.589 bits per heavy atom. The second-order valence-corrected chi connectivity index (χ2v) is 13.5. The molecule has 3 rings (SSSR count). The highest BCUT2D eigenvalue weighted by molar-refractivity contribution is 7.97. The first-order valence-corrected chi connectivity index (χ1v) is 15.9. The first-order valence-electron chi connectivity index (χ1n) is 14.7. The molecule has 0 heterocycles. The van der Waals surface area contributed by atoms with E-state index in [4.69, 9.17) is 4.74 Å². The fraction of sp³-hybridized carbons (Fsp3) is 0.419. The maximum absolute atomic E-state index is 13.1. The van der Waals surface area contributed by atoms with Crippen LogP contribution in [0.3, 0.4) is 0 Å². The highest BCUT2D eigenvalue weighted by Gasteiger charge is 2.72. The second-order valence-electron chi connectivity index (χ2n) is 11.5. The van der Waals surface area contributed by atoms with E-state index in [9.17, 15) is 94.3 Å². The van der Waals surface area contributed by atoms with Crippen LogP contribution in [0.25, 0.3) is 0 Å². The number of halogens is 18. The highest BCUT2D eigenvalue weighted by Crippen LogP contribution is 2.47. The number of benzene rings is 3. The zero-order valence-corrected chi connectivity index (χ0v) is 27.9. The van der Waals surface area contributed by atoms with Gasteiger partial charge in [0.25, 0.3) is 16.8 Å². The molecular weight excluding hydrogens is 842 g/mol. The van der Waals surface area contributed by atoms with E-state index >= 15 is 0 Å². The number of aliphatic hydroxyl groups is 3. The van der Waals surface area contributed by atoms with Gasteiger partial charge >= 0.3 is 37.1 Å². The molecule has 3 aromatic rings. The highest BCUT2D eigenvalue weighted by atomic mass is 32.2. The molecule has 0 unspecified atom stereocenters. The average molecular weight is 866 g/mol. The number of alkyl halides is 18. The van der Waals surface area contributed by atoms with E-state index in [0.29, 0.717) is 0 Å². The van der Waals surface area contributed by atoms with Crippen molar-refractivity contribution < 1.29 is 109 Å². The van der Waals surface area contributed by atoms with Gasteiger partial charge in [-0.1, -0.05) is 0 Å². The van der Waals surface area contributed by atoms with Gasteiger partial charge in [-0.15, -0.1) is 0 Å². The molecule has 0 spiro atoms. The van der Waals surface area contributed by atoms with Crippen molar-refractivity contribution in [2.45, 2.75) is 75.0 Å². The van der Waals surface area contributed by atoms with Gasteiger partial charge in [0.15, 0.2) is 14.7 Å². The Hall–Kier alpha value is -3.97. The molecule has 0 atom stereocenters. The van der Waals surface area contributed by atoms with Crippen LogP contribution in [-0.4, -0.2) is 89.0 Å². The largest absolute Gasteiger partial charge is 0.493 e. The number of hydrogen-bond acceptors (Lipinski definition) is 6. The number of rotatable bonds is 13. The lowest BCUT2D eigenvalue weighted by molar-refractivity contribution is -0.374. The fourth-order valence-electron chi connectivity index (χ4n) is 4.21. The zero-order valence-electron chi connectivity index (χ0n) is 27.0. The Labute approximate surface area is 304 Å². The summed E-state index contributed by atoms with van der Waals surface area (Å²) in [5, 5.41) is 27.9. The van der Waals surface area contributed by atoms with Crippen molar-refractivity contribution in [1.29, 1.82) is 0 Å². The van der Waals surface area contributed by atoms with Crippen molar-refractivity contribution in [1.82, 2.24) is 0 Å². The van der Waals surface area contributed by atoms with Gasteiger partial charge in [-0.3, -0.25) is 0 Å². The van der Waals surface area contributed by atoms with Crippen LogP contribution >= 0.6 is 0 Å². The van der Waals surface area contributed by atoms with E-state index in [0.717, 1.165) is 60.7 Å². The summed E-state index contributed by atoms with van der Waals surface area (Å²) in [5.41, 5.74) is -15.7. The normalized spacial score (nSPS) is 14.2. The van der Waals surface area contributed by atoms with Crippen LogP contribution in [0.5, 0.6) is 17.2 Å². The standard InChI is InChI=1S/C31H23F18O6S/c32-26(33,34)23(50,27(35,36)37)13-14-53-17-1-7-20(8-2-17)56(21-9-3-18(4-10-21)54-15-24(51,28(38,39)40)29(41,42)43)22-11-5-19(6-12-22)55-16-25(52,30(44,45)46)31(47,48)49/h1-12,50-52H,13-16H2/q+1. The maximum Gasteiger partial charge on any atom is 0.429 e. The molecule has 0 aromatic heterocycles. The molecule has 56 heavy (non-hydrogen) atoms. The first-order chi connectivity index (χ1) is 25.2. The van der Waals surface area contributed by atoms with Gasteiger partial charge in [-0.05, 0) is 72.8 Å². The molecule has 0 saturated heterocycles. The third-order valence-corrected chi connectivity index (χ3v) is 9.85. The molecule has 0 aliphatic rings. The van der Waals surface area contributed by atoms with Gasteiger partial charge in [-0.2, -0.15) is 79.0 Å². The predicted octanol–water partition coefficient (Wildman–Crippen LogP) is 8.88. The van der Waals surface area contributed by atoms with Crippen LogP contribution in [0.2, 0.25) is 0 Å². The van der Waals surface area contributed by atoms with Gasteiger partial charge < -0.3 is 29.5 Å². The van der Waals surface area contributed by atoms with Crippen LogP contribution in [0.4, 0.5) is 79.0 Å². The van der Waals surface area contributed by atoms with Crippen molar-refractivity contribution in [3.8, 4) is 17.2 Å². The van der Waals surface area contributed by atoms with Crippen molar-refractivity contribution in [2.24, 2.45) is 0 Å². The summed E-state index contributed by atoms with van der Waals surface area (Å²) in [6, 6.07) is 12.1. The van der Waals surface area contributed by atoms with Gasteiger partial charge in [-0.25, -0.2) is 0 Å². The molecule has 0 amide bonds. The average Bonchev–Trinajstić information content (AvgIpc) is 3.05. The van der Waals surface area contributed by atoms with Gasteiger partial charge in [0.2, 0.25) is 0 Å². The minimum absolute atomic E-state index is 0.116. The summed E-state index contributed by atoms with van der Waals surface area (Å²) in [6.07, 6.45) is -39.1. The minimum Gasteiger partial charge on any atom is -0.493 e. The van der Waals surface area contributed by atoms with E-state index in [1.165, 1.54) is 12.1 Å². The number of ether oxygens (including phenoxy) is 3. The van der Waals surface area contributed by atoms with E-state index in [2.05, 4.69) is 9.47 Å². The predicted molar refractivity (Wildman–Crippen MR) is 154 cm³/mol. The second kappa shape index (κ2) is 15.8. The van der Waals surface area contributed by atoms with Crippen molar-refractivity contribution in [3.63, 3.8) is 0 Å². The minimum atomic E-state index is -6.22. The van der Waals surface area contributed by atoms with Crippen molar-refractivity contribution in [2.75, 3.05) is 19.8 Å². The summed E-state index contributed by atoms with van der Waals surface area (Å²) in [5.74, 6) is -1.63. The Kier molecular flexibility index (Phi) is 13.1. The molecular formula is C31H23F18O6S+. The Balaban J connectivity index is 1.95. The third kappa shape index (κ3) is 9.76. The SMILES string of the molecule is OC(CCOc1ccc([S+](c2ccc(OCC(O)(C(F)(F)F)C(F)(F)F)cc2)c2ccc(OCC(O)(C(F)(F)F)C(F)(F)F)cc2)cc1)(C(F)(F)F)C(F)(F)F. The summed E-state index contributed by atoms with van der Waals surface area (Å²) >= 11 is 0. The smallest absolute Gasteiger partial charge is 0.429 e. The van der Waals surface area contributed by atoms with Gasteiger partial charge in [0.05, 0.1) is 17.5 Å². The molecule has 0 saturated carbocycles. The molecule has 0 radical (unpaired) electrons. The molecule has 0 bridgehead atoms. The van der Waals surface area contributed by atoms with Crippen LogP contribution < -0.4 is 14.2 Å². The number of hydrogen-bond donors (Lipinski definition) is 3. The monoisotopic (exact) mass is 865 g/mol. The van der Waals surface area contributed by atoms with Crippen molar-refractivity contribution >= 4 is 10.9 Å². The van der Waals surface area contributed by atoms with E-state index in [1.807, 2.05) is 0 Å². The molecule has 0 aliphatic heterocycles. The van der Waals surface area contributed by atoms with Gasteiger partial charge in [0, 0.05) is 6.42 Å². The molecule has 0 aliphatic carbocycles. The lowest BCUT2D eigenvalue weighted by Gasteiger charge is -2.32. The van der Waals surface area contributed by atoms with Crippen molar-refractivity contribution in [3.05, 3.63) is 72.8 Å². The summed E-state index contributed by atoms with van der Waals surface area (Å²) in [4.78, 5) is 0.393. The van der Waals surface area contributed by atoms with Crippen LogP contribution in [0.15, 0.2) is 87.5 Å². The molecule has 3 aromatic carbocycles. The molecule has 0 fully saturated rings. The Bertz CT molecular complexity index is 1600. The summed E-state index contributed by atoms with van der Waals surface area (Å²) < 4.78 is 248. The van der Waals surface area contributed by atoms with Crippen LogP contribution in [0.1, 0.15) is 6.42 Å². The maximum atomic E-state index is 13.1.